The summed E-state index contributed by atoms with van der Waals surface area (Å²) in [7, 11) is 4.21. The van der Waals surface area contributed by atoms with Gasteiger partial charge in [-0.1, -0.05) is 6.92 Å². The first-order chi connectivity index (χ1) is 8.08. The van der Waals surface area contributed by atoms with Crippen molar-refractivity contribution >= 4 is 0 Å². The molecular weight excluding hydrogens is 212 g/mol. The number of aromatic nitrogens is 2. The van der Waals surface area contributed by atoms with Gasteiger partial charge in [0.1, 0.15) is 0 Å². The summed E-state index contributed by atoms with van der Waals surface area (Å²) in [5.41, 5.74) is 1.26. The average molecular weight is 236 g/mol. The Morgan fingerprint density at radius 2 is 2.24 bits per heavy atom. The third-order valence-electron chi connectivity index (χ3n) is 3.87. The number of rotatable bonds is 3. The summed E-state index contributed by atoms with van der Waals surface area (Å²) in [4.78, 5) is 2.41. The molecule has 0 aromatic carbocycles. The van der Waals surface area contributed by atoms with Gasteiger partial charge in [0, 0.05) is 31.9 Å². The van der Waals surface area contributed by atoms with E-state index < -0.39 is 0 Å². The third kappa shape index (κ3) is 2.87. The number of hydrogen-bond donors (Lipinski definition) is 1. The molecule has 0 amide bonds. The lowest BCUT2D eigenvalue weighted by molar-refractivity contribution is 0.167. The van der Waals surface area contributed by atoms with Crippen molar-refractivity contribution in [1.82, 2.24) is 20.0 Å². The Hall–Kier alpha value is -0.870. The summed E-state index contributed by atoms with van der Waals surface area (Å²) in [6.07, 6.45) is 3.10. The van der Waals surface area contributed by atoms with Gasteiger partial charge in [0.15, 0.2) is 0 Å². The van der Waals surface area contributed by atoms with E-state index in [2.05, 4.69) is 42.3 Å². The zero-order valence-corrected chi connectivity index (χ0v) is 11.3. The molecule has 3 unspecified atom stereocenters. The summed E-state index contributed by atoms with van der Waals surface area (Å²) in [5, 5.41) is 7.98. The van der Waals surface area contributed by atoms with Crippen molar-refractivity contribution in [2.45, 2.75) is 32.4 Å². The highest BCUT2D eigenvalue weighted by Crippen LogP contribution is 2.19. The number of nitrogens with one attached hydrogen (secondary N) is 1. The van der Waals surface area contributed by atoms with E-state index >= 15 is 0 Å². The zero-order chi connectivity index (χ0) is 12.4. The van der Waals surface area contributed by atoms with Gasteiger partial charge in [-0.3, -0.25) is 4.68 Å². The zero-order valence-electron chi connectivity index (χ0n) is 11.3. The predicted molar refractivity (Wildman–Crippen MR) is 69.8 cm³/mol. The van der Waals surface area contributed by atoms with Crippen LogP contribution < -0.4 is 5.32 Å². The van der Waals surface area contributed by atoms with Gasteiger partial charge in [-0.25, -0.2) is 0 Å². The molecule has 1 N–H and O–H groups in total. The first-order valence-electron chi connectivity index (χ1n) is 6.50. The van der Waals surface area contributed by atoms with E-state index in [-0.39, 0.29) is 0 Å². The molecule has 17 heavy (non-hydrogen) atoms. The molecule has 0 radical (unpaired) electrons. The minimum absolute atomic E-state index is 0.373. The largest absolute Gasteiger partial charge is 0.306 e. The standard InChI is InChI=1S/C13H24N4/c1-10-9-16(3)8-6-12(10)15-11(2)13-5-7-14-17(13)4/h5,7,10-12,15H,6,8-9H2,1-4H3. The molecule has 1 aromatic rings. The quantitative estimate of drug-likeness (QED) is 0.861. The van der Waals surface area contributed by atoms with Crippen LogP contribution in [0.3, 0.4) is 0 Å². The lowest BCUT2D eigenvalue weighted by Crippen LogP contribution is -2.47. The van der Waals surface area contributed by atoms with Gasteiger partial charge in [-0.15, -0.1) is 0 Å². The van der Waals surface area contributed by atoms with Crippen molar-refractivity contribution in [2.75, 3.05) is 20.1 Å². The third-order valence-corrected chi connectivity index (χ3v) is 3.87. The molecule has 0 saturated carbocycles. The molecule has 4 heteroatoms. The fourth-order valence-corrected chi connectivity index (χ4v) is 2.82. The summed E-state index contributed by atoms with van der Waals surface area (Å²) in [6.45, 7) is 6.95. The van der Waals surface area contributed by atoms with E-state index in [1.54, 1.807) is 0 Å². The van der Waals surface area contributed by atoms with Crippen LogP contribution in [0.5, 0.6) is 0 Å². The Morgan fingerprint density at radius 1 is 1.47 bits per heavy atom. The van der Waals surface area contributed by atoms with Gasteiger partial charge in [0.25, 0.3) is 0 Å². The smallest absolute Gasteiger partial charge is 0.0547 e. The maximum Gasteiger partial charge on any atom is 0.0547 e. The second-order valence-corrected chi connectivity index (χ2v) is 5.40. The highest BCUT2D eigenvalue weighted by molar-refractivity contribution is 5.06. The topological polar surface area (TPSA) is 33.1 Å². The molecule has 1 aliphatic heterocycles. The average Bonchev–Trinajstić information content (AvgIpc) is 2.68. The molecule has 1 fully saturated rings. The summed E-state index contributed by atoms with van der Waals surface area (Å²) < 4.78 is 1.96. The Kier molecular flexibility index (Phi) is 3.84. The highest BCUT2D eigenvalue weighted by atomic mass is 15.3. The van der Waals surface area contributed by atoms with Gasteiger partial charge in [0.2, 0.25) is 0 Å². The normalized spacial score (nSPS) is 28.2. The van der Waals surface area contributed by atoms with E-state index in [1.807, 2.05) is 17.9 Å². The van der Waals surface area contributed by atoms with Gasteiger partial charge in [0.05, 0.1) is 5.69 Å². The van der Waals surface area contributed by atoms with Crippen LogP contribution in [-0.4, -0.2) is 40.9 Å². The Bertz CT molecular complexity index is 360. The number of piperidine rings is 1. The second-order valence-electron chi connectivity index (χ2n) is 5.40. The van der Waals surface area contributed by atoms with Crippen molar-refractivity contribution in [3.05, 3.63) is 18.0 Å². The van der Waals surface area contributed by atoms with Crippen molar-refractivity contribution in [2.24, 2.45) is 13.0 Å². The molecule has 0 aliphatic carbocycles. The van der Waals surface area contributed by atoms with Gasteiger partial charge in [-0.2, -0.15) is 5.10 Å². The molecule has 2 rings (SSSR count). The minimum atomic E-state index is 0.373. The van der Waals surface area contributed by atoms with Crippen molar-refractivity contribution < 1.29 is 0 Å². The fraction of sp³-hybridized carbons (Fsp3) is 0.769. The van der Waals surface area contributed by atoms with Gasteiger partial charge in [-0.05, 0) is 38.9 Å². The summed E-state index contributed by atoms with van der Waals surface area (Å²) in [5.74, 6) is 0.712. The molecule has 4 nitrogen and oxygen atoms in total. The van der Waals surface area contributed by atoms with Gasteiger partial charge < -0.3 is 10.2 Å². The molecule has 0 bridgehead atoms. The fourth-order valence-electron chi connectivity index (χ4n) is 2.82. The van der Waals surface area contributed by atoms with Crippen LogP contribution >= 0.6 is 0 Å². The van der Waals surface area contributed by atoms with Crippen LogP contribution in [0.15, 0.2) is 12.3 Å². The second kappa shape index (κ2) is 5.19. The van der Waals surface area contributed by atoms with E-state index in [4.69, 9.17) is 0 Å². The Labute approximate surface area is 104 Å². The van der Waals surface area contributed by atoms with Crippen LogP contribution in [0.4, 0.5) is 0 Å². The van der Waals surface area contributed by atoms with E-state index in [1.165, 1.54) is 25.2 Å². The Morgan fingerprint density at radius 3 is 2.82 bits per heavy atom. The molecule has 1 aliphatic rings. The van der Waals surface area contributed by atoms with Crippen molar-refractivity contribution in [3.8, 4) is 0 Å². The van der Waals surface area contributed by atoms with E-state index in [0.29, 0.717) is 18.0 Å². The van der Waals surface area contributed by atoms with Crippen molar-refractivity contribution in [1.29, 1.82) is 0 Å². The van der Waals surface area contributed by atoms with Crippen LogP contribution in [0.25, 0.3) is 0 Å². The summed E-state index contributed by atoms with van der Waals surface area (Å²) >= 11 is 0. The monoisotopic (exact) mass is 236 g/mol. The molecule has 0 spiro atoms. The van der Waals surface area contributed by atoms with Gasteiger partial charge >= 0.3 is 0 Å². The van der Waals surface area contributed by atoms with Crippen LogP contribution in [0.1, 0.15) is 32.0 Å². The van der Waals surface area contributed by atoms with E-state index in [0.717, 1.165) is 0 Å². The predicted octanol–water partition coefficient (Wildman–Crippen LogP) is 1.41. The van der Waals surface area contributed by atoms with Crippen LogP contribution in [-0.2, 0) is 7.05 Å². The molecule has 1 saturated heterocycles. The minimum Gasteiger partial charge on any atom is -0.306 e. The molecule has 2 heterocycles. The molecule has 1 aromatic heterocycles. The SMILES string of the molecule is CC(NC1CCN(C)CC1C)c1ccnn1C. The van der Waals surface area contributed by atoms with E-state index in [9.17, 15) is 0 Å². The van der Waals surface area contributed by atoms with Crippen LogP contribution in [0, 0.1) is 5.92 Å². The lowest BCUT2D eigenvalue weighted by Gasteiger charge is -2.36. The first-order valence-corrected chi connectivity index (χ1v) is 6.50. The number of nitrogens with zero attached hydrogens (tertiary/aromatic N) is 3. The molecule has 3 atom stereocenters. The lowest BCUT2D eigenvalue weighted by atomic mass is 9.93. The van der Waals surface area contributed by atoms with Crippen LogP contribution in [0.2, 0.25) is 0 Å². The Balaban J connectivity index is 1.95. The van der Waals surface area contributed by atoms with Crippen molar-refractivity contribution in [3.63, 3.8) is 0 Å². The maximum atomic E-state index is 4.23. The molecule has 96 valence electrons. The number of aryl methyl sites for hydroxylation is 1. The maximum absolute atomic E-state index is 4.23. The first kappa shape index (κ1) is 12.6. The number of likely N-dealkylation sites (tertiary alicyclic amines) is 1. The number of hydrogen-bond acceptors (Lipinski definition) is 3. The summed E-state index contributed by atoms with van der Waals surface area (Å²) in [6, 6.07) is 3.09. The molecular formula is C13H24N4. The highest BCUT2D eigenvalue weighted by Gasteiger charge is 2.25.